The van der Waals surface area contributed by atoms with Crippen molar-refractivity contribution in [2.75, 3.05) is 12.4 Å². The van der Waals surface area contributed by atoms with Crippen molar-refractivity contribution in [1.29, 1.82) is 0 Å². The number of aromatic amines is 1. The predicted molar refractivity (Wildman–Crippen MR) is 104 cm³/mol. The van der Waals surface area contributed by atoms with E-state index in [-0.39, 0.29) is 16.5 Å². The summed E-state index contributed by atoms with van der Waals surface area (Å²) in [5.41, 5.74) is 2.51. The maximum Gasteiger partial charge on any atom is 0.238 e. The Morgan fingerprint density at radius 2 is 2.00 bits per heavy atom. The van der Waals surface area contributed by atoms with Crippen LogP contribution in [-0.2, 0) is 21.2 Å². The summed E-state index contributed by atoms with van der Waals surface area (Å²) in [4.78, 5) is 15.4. The highest BCUT2D eigenvalue weighted by atomic mass is 32.2. The quantitative estimate of drug-likeness (QED) is 0.578. The Bertz CT molecular complexity index is 1070. The maximum absolute atomic E-state index is 12.3. The van der Waals surface area contributed by atoms with Gasteiger partial charge in [0.1, 0.15) is 5.75 Å². The van der Waals surface area contributed by atoms with E-state index in [0.29, 0.717) is 18.6 Å². The van der Waals surface area contributed by atoms with E-state index >= 15 is 0 Å². The minimum absolute atomic E-state index is 0.0857. The molecule has 0 fully saturated rings. The van der Waals surface area contributed by atoms with Gasteiger partial charge in [0.25, 0.3) is 0 Å². The van der Waals surface area contributed by atoms with Crippen LogP contribution in [0.3, 0.4) is 0 Å². The molecule has 0 saturated heterocycles. The number of H-pyrrole nitrogens is 1. The molecule has 0 radical (unpaired) electrons. The zero-order chi connectivity index (χ0) is 19.4. The topological polar surface area (TPSA) is 114 Å². The number of nitrogens with one attached hydrogen (secondary N) is 2. The largest absolute Gasteiger partial charge is 0.495 e. The molecule has 27 heavy (non-hydrogen) atoms. The van der Waals surface area contributed by atoms with Crippen LogP contribution in [0.1, 0.15) is 18.4 Å². The highest BCUT2D eigenvalue weighted by Crippen LogP contribution is 2.27. The van der Waals surface area contributed by atoms with Gasteiger partial charge >= 0.3 is 0 Å². The van der Waals surface area contributed by atoms with Gasteiger partial charge in [0.2, 0.25) is 15.9 Å². The molecule has 0 unspecified atom stereocenters. The average Bonchev–Trinajstić information content (AvgIpc) is 3.04. The molecule has 0 aliphatic heterocycles. The van der Waals surface area contributed by atoms with Gasteiger partial charge in [-0.1, -0.05) is 18.2 Å². The summed E-state index contributed by atoms with van der Waals surface area (Å²) in [6.07, 6.45) is 3.67. The fourth-order valence-electron chi connectivity index (χ4n) is 2.95. The average molecular weight is 387 g/mol. The van der Waals surface area contributed by atoms with E-state index in [1.165, 1.54) is 25.3 Å². The van der Waals surface area contributed by atoms with E-state index in [9.17, 15) is 13.2 Å². The van der Waals surface area contributed by atoms with E-state index < -0.39 is 10.0 Å². The molecule has 0 atom stereocenters. The highest BCUT2D eigenvalue weighted by molar-refractivity contribution is 7.89. The summed E-state index contributed by atoms with van der Waals surface area (Å²) in [7, 11) is -2.42. The van der Waals surface area contributed by atoms with Crippen molar-refractivity contribution in [3.8, 4) is 5.75 Å². The fraction of sp³-hybridized carbons (Fsp3) is 0.211. The zero-order valence-corrected chi connectivity index (χ0v) is 15.7. The molecule has 0 saturated carbocycles. The second-order valence-electron chi connectivity index (χ2n) is 6.17. The summed E-state index contributed by atoms with van der Waals surface area (Å²) < 4.78 is 28.2. The summed E-state index contributed by atoms with van der Waals surface area (Å²) in [6.45, 7) is 0. The van der Waals surface area contributed by atoms with Crippen LogP contribution in [0.25, 0.3) is 10.9 Å². The molecule has 1 aromatic heterocycles. The molecular formula is C19H21N3O4S. The monoisotopic (exact) mass is 387 g/mol. The number of carbonyl (C=O) groups is 1. The molecule has 4 N–H and O–H groups in total. The second kappa shape index (κ2) is 7.81. The van der Waals surface area contributed by atoms with Gasteiger partial charge in [-0.3, -0.25) is 4.79 Å². The predicted octanol–water partition coefficient (Wildman–Crippen LogP) is 2.79. The van der Waals surface area contributed by atoms with Gasteiger partial charge in [-0.15, -0.1) is 0 Å². The van der Waals surface area contributed by atoms with Crippen LogP contribution >= 0.6 is 0 Å². The lowest BCUT2D eigenvalue weighted by Crippen LogP contribution is -2.15. The van der Waals surface area contributed by atoms with Crippen LogP contribution in [0.4, 0.5) is 5.69 Å². The summed E-state index contributed by atoms with van der Waals surface area (Å²) in [5.74, 6) is 0.145. The van der Waals surface area contributed by atoms with E-state index in [1.54, 1.807) is 0 Å². The first-order valence-electron chi connectivity index (χ1n) is 8.44. The number of carbonyl (C=O) groups excluding carboxylic acids is 1. The van der Waals surface area contributed by atoms with Crippen LogP contribution in [0, 0.1) is 0 Å². The first kappa shape index (κ1) is 18.9. The van der Waals surface area contributed by atoms with Crippen LogP contribution < -0.4 is 15.2 Å². The van der Waals surface area contributed by atoms with Gasteiger partial charge in [0, 0.05) is 23.5 Å². The van der Waals surface area contributed by atoms with Crippen LogP contribution in [-0.4, -0.2) is 26.4 Å². The maximum atomic E-state index is 12.3. The molecule has 3 rings (SSSR count). The summed E-state index contributed by atoms with van der Waals surface area (Å²) in [5, 5.41) is 9.00. The standard InChI is InChI=1S/C19H21N3O4S/c1-26-18-10-9-14(27(20,24)25)11-17(18)22-19(23)8-4-5-13-12-21-16-7-3-2-6-15(13)16/h2-3,6-7,9-12,21H,4-5,8H2,1H3,(H,22,23)(H2,20,24,25). The number of fused-ring (bicyclic) bond motifs is 1. The molecule has 1 amide bonds. The Morgan fingerprint density at radius 1 is 1.22 bits per heavy atom. The SMILES string of the molecule is COc1ccc(S(N)(=O)=O)cc1NC(=O)CCCc1c[nH]c2ccccc12. The van der Waals surface area contributed by atoms with E-state index in [4.69, 9.17) is 9.88 Å². The number of hydrogen-bond donors (Lipinski definition) is 3. The highest BCUT2D eigenvalue weighted by Gasteiger charge is 2.14. The van der Waals surface area contributed by atoms with Crippen molar-refractivity contribution in [2.45, 2.75) is 24.2 Å². The Kier molecular flexibility index (Phi) is 5.48. The molecule has 0 aliphatic carbocycles. The third kappa shape index (κ3) is 4.47. The number of amides is 1. The van der Waals surface area contributed by atoms with Gasteiger partial charge in [0.15, 0.2) is 0 Å². The molecule has 7 nitrogen and oxygen atoms in total. The number of hydrogen-bond acceptors (Lipinski definition) is 4. The molecule has 142 valence electrons. The van der Waals surface area contributed by atoms with Crippen molar-refractivity contribution < 1.29 is 17.9 Å². The van der Waals surface area contributed by atoms with Crippen LogP contribution in [0.5, 0.6) is 5.75 Å². The van der Waals surface area contributed by atoms with Gasteiger partial charge in [-0.05, 0) is 42.7 Å². The Hall–Kier alpha value is -2.84. The first-order valence-corrected chi connectivity index (χ1v) is 9.99. The lowest BCUT2D eigenvalue weighted by molar-refractivity contribution is -0.116. The third-order valence-corrected chi connectivity index (χ3v) is 5.21. The van der Waals surface area contributed by atoms with E-state index in [0.717, 1.165) is 22.9 Å². The summed E-state index contributed by atoms with van der Waals surface area (Å²) >= 11 is 0. The molecular weight excluding hydrogens is 366 g/mol. The van der Waals surface area contributed by atoms with Gasteiger partial charge in [0.05, 0.1) is 17.7 Å². The third-order valence-electron chi connectivity index (χ3n) is 4.30. The minimum Gasteiger partial charge on any atom is -0.495 e. The normalized spacial score (nSPS) is 11.5. The molecule has 0 spiro atoms. The lowest BCUT2D eigenvalue weighted by atomic mass is 10.1. The minimum atomic E-state index is -3.86. The first-order chi connectivity index (χ1) is 12.9. The second-order valence-corrected chi connectivity index (χ2v) is 7.73. The number of sulfonamides is 1. The molecule has 2 aromatic carbocycles. The summed E-state index contributed by atoms with van der Waals surface area (Å²) in [6, 6.07) is 12.1. The van der Waals surface area contributed by atoms with Crippen molar-refractivity contribution in [3.05, 3.63) is 54.2 Å². The smallest absolute Gasteiger partial charge is 0.238 e. The van der Waals surface area contributed by atoms with Gasteiger partial charge in [-0.2, -0.15) is 0 Å². The zero-order valence-electron chi connectivity index (χ0n) is 14.9. The molecule has 3 aromatic rings. The number of rotatable bonds is 7. The van der Waals surface area contributed by atoms with Gasteiger partial charge < -0.3 is 15.0 Å². The van der Waals surface area contributed by atoms with Crippen molar-refractivity contribution in [2.24, 2.45) is 5.14 Å². The molecule has 0 aliphatic rings. The Labute approximate surface area is 157 Å². The number of nitrogens with two attached hydrogens (primary N) is 1. The van der Waals surface area contributed by atoms with E-state index in [1.807, 2.05) is 30.5 Å². The number of anilines is 1. The molecule has 0 bridgehead atoms. The number of aryl methyl sites for hydroxylation is 1. The number of aromatic nitrogens is 1. The lowest BCUT2D eigenvalue weighted by Gasteiger charge is -2.11. The number of primary sulfonamides is 1. The van der Waals surface area contributed by atoms with Crippen LogP contribution in [0.15, 0.2) is 53.6 Å². The number of ether oxygens (including phenoxy) is 1. The Balaban J connectivity index is 1.64. The van der Waals surface area contributed by atoms with Crippen molar-refractivity contribution >= 4 is 32.5 Å². The van der Waals surface area contributed by atoms with Crippen molar-refractivity contribution in [3.63, 3.8) is 0 Å². The van der Waals surface area contributed by atoms with Crippen molar-refractivity contribution in [1.82, 2.24) is 4.98 Å². The van der Waals surface area contributed by atoms with E-state index in [2.05, 4.69) is 10.3 Å². The van der Waals surface area contributed by atoms with Crippen LogP contribution in [0.2, 0.25) is 0 Å². The number of benzene rings is 2. The number of para-hydroxylation sites is 1. The Morgan fingerprint density at radius 3 is 2.74 bits per heavy atom. The number of methoxy groups -OCH3 is 1. The molecule has 1 heterocycles. The van der Waals surface area contributed by atoms with Gasteiger partial charge in [-0.25, -0.2) is 13.6 Å². The molecule has 8 heteroatoms. The fourth-order valence-corrected chi connectivity index (χ4v) is 3.49.